The van der Waals surface area contributed by atoms with E-state index in [9.17, 15) is 0 Å². The van der Waals surface area contributed by atoms with Gasteiger partial charge in [-0.15, -0.1) is 0 Å². The lowest BCUT2D eigenvalue weighted by Crippen LogP contribution is -2.41. The molecule has 88 valence electrons. The van der Waals surface area contributed by atoms with E-state index in [1.54, 1.807) is 0 Å². The van der Waals surface area contributed by atoms with Gasteiger partial charge < -0.3 is 10.1 Å². The van der Waals surface area contributed by atoms with Crippen LogP contribution in [-0.2, 0) is 4.74 Å². The van der Waals surface area contributed by atoms with Crippen LogP contribution in [0, 0.1) is 0 Å². The highest BCUT2D eigenvalue weighted by Crippen LogP contribution is 2.28. The molecule has 2 heterocycles. The zero-order valence-electron chi connectivity index (χ0n) is 9.00. The van der Waals surface area contributed by atoms with E-state index >= 15 is 0 Å². The van der Waals surface area contributed by atoms with Crippen LogP contribution in [0.2, 0.25) is 10.6 Å². The number of hydrogen-bond acceptors (Lipinski definition) is 5. The summed E-state index contributed by atoms with van der Waals surface area (Å²) in [4.78, 5) is 11.6. The van der Waals surface area contributed by atoms with Gasteiger partial charge in [0.2, 0.25) is 16.5 Å². The molecule has 1 aliphatic rings. The monoisotopic (exact) mass is 262 g/mol. The Kier molecular flexibility index (Phi) is 3.19. The Morgan fingerprint density at radius 2 is 1.94 bits per heavy atom. The number of rotatable bonds is 2. The van der Waals surface area contributed by atoms with Crippen molar-refractivity contribution in [1.82, 2.24) is 15.0 Å². The fourth-order valence-electron chi connectivity index (χ4n) is 1.64. The molecule has 0 radical (unpaired) electrons. The van der Waals surface area contributed by atoms with Gasteiger partial charge in [0.15, 0.2) is 0 Å². The maximum absolute atomic E-state index is 5.70. The molecule has 1 aromatic rings. The Bertz CT molecular complexity index is 383. The zero-order valence-corrected chi connectivity index (χ0v) is 10.5. The summed E-state index contributed by atoms with van der Waals surface area (Å²) in [5, 5.41) is 3.35. The number of hydrogen-bond donors (Lipinski definition) is 1. The van der Waals surface area contributed by atoms with Crippen molar-refractivity contribution in [2.45, 2.75) is 31.9 Å². The average Bonchev–Trinajstić information content (AvgIpc) is 2.44. The van der Waals surface area contributed by atoms with Crippen LogP contribution in [0.1, 0.15) is 20.3 Å². The normalized spacial score (nSPS) is 29.4. The van der Waals surface area contributed by atoms with Crippen LogP contribution < -0.4 is 5.32 Å². The molecule has 0 saturated carbocycles. The van der Waals surface area contributed by atoms with Crippen LogP contribution in [0.5, 0.6) is 0 Å². The lowest BCUT2D eigenvalue weighted by atomic mass is 9.95. The van der Waals surface area contributed by atoms with Crippen molar-refractivity contribution in [3.05, 3.63) is 10.6 Å². The summed E-state index contributed by atoms with van der Waals surface area (Å²) < 4.78 is 5.50. The predicted molar refractivity (Wildman–Crippen MR) is 61.9 cm³/mol. The average molecular weight is 263 g/mol. The minimum atomic E-state index is -0.200. The van der Waals surface area contributed by atoms with Crippen LogP contribution in [-0.4, -0.2) is 33.2 Å². The van der Waals surface area contributed by atoms with E-state index in [4.69, 9.17) is 27.9 Å². The number of anilines is 1. The van der Waals surface area contributed by atoms with E-state index < -0.39 is 0 Å². The van der Waals surface area contributed by atoms with Crippen molar-refractivity contribution in [1.29, 1.82) is 0 Å². The van der Waals surface area contributed by atoms with E-state index in [2.05, 4.69) is 27.2 Å². The lowest BCUT2D eigenvalue weighted by molar-refractivity contribution is 0.105. The molecule has 1 saturated heterocycles. The summed E-state index contributed by atoms with van der Waals surface area (Å²) in [5.74, 6) is 0.379. The number of aromatic nitrogens is 3. The maximum Gasteiger partial charge on any atom is 0.228 e. The molecule has 1 aromatic heterocycles. The van der Waals surface area contributed by atoms with Gasteiger partial charge in [-0.25, -0.2) is 0 Å². The third-order valence-corrected chi connectivity index (χ3v) is 3.20. The third-order valence-electron chi connectivity index (χ3n) is 2.86. The smallest absolute Gasteiger partial charge is 0.228 e. The molecular formula is C9H12Cl2N4O. The largest absolute Gasteiger partial charge is 0.376 e. The quantitative estimate of drug-likeness (QED) is 0.885. The first kappa shape index (κ1) is 11.8. The van der Waals surface area contributed by atoms with Gasteiger partial charge in [-0.3, -0.25) is 0 Å². The Morgan fingerprint density at radius 3 is 2.44 bits per heavy atom. The second kappa shape index (κ2) is 4.31. The van der Waals surface area contributed by atoms with Gasteiger partial charge in [0.05, 0.1) is 11.6 Å². The summed E-state index contributed by atoms with van der Waals surface area (Å²) in [6.45, 7) is 4.78. The van der Waals surface area contributed by atoms with Crippen molar-refractivity contribution < 1.29 is 4.74 Å². The summed E-state index contributed by atoms with van der Waals surface area (Å²) in [7, 11) is 0. The van der Waals surface area contributed by atoms with Crippen LogP contribution in [0.15, 0.2) is 0 Å². The maximum atomic E-state index is 5.70. The van der Waals surface area contributed by atoms with Gasteiger partial charge in [0.25, 0.3) is 0 Å². The minimum Gasteiger partial charge on any atom is -0.376 e. The summed E-state index contributed by atoms with van der Waals surface area (Å²) in [6, 6.07) is 0. The molecule has 2 unspecified atom stereocenters. The number of nitrogens with one attached hydrogen (secondary N) is 1. The molecule has 2 rings (SSSR count). The van der Waals surface area contributed by atoms with Crippen molar-refractivity contribution in [3.8, 4) is 0 Å². The highest BCUT2D eigenvalue weighted by Gasteiger charge is 2.37. The summed E-state index contributed by atoms with van der Waals surface area (Å²) in [6.07, 6.45) is 0.969. The molecule has 16 heavy (non-hydrogen) atoms. The van der Waals surface area contributed by atoms with Gasteiger partial charge in [-0.05, 0) is 43.5 Å². The van der Waals surface area contributed by atoms with Gasteiger partial charge in [-0.2, -0.15) is 15.0 Å². The molecule has 1 fully saturated rings. The van der Waals surface area contributed by atoms with Crippen molar-refractivity contribution in [2.75, 3.05) is 11.9 Å². The van der Waals surface area contributed by atoms with Gasteiger partial charge in [0, 0.05) is 6.61 Å². The van der Waals surface area contributed by atoms with Gasteiger partial charge in [0.1, 0.15) is 0 Å². The molecule has 5 nitrogen and oxygen atoms in total. The molecule has 7 heteroatoms. The first-order valence-corrected chi connectivity index (χ1v) is 5.72. The fraction of sp³-hybridized carbons (Fsp3) is 0.667. The SMILES string of the molecule is CC1OCCC1(C)Nc1nc(Cl)nc(Cl)n1. The molecule has 0 amide bonds. The Balaban J connectivity index is 2.20. The van der Waals surface area contributed by atoms with Crippen LogP contribution in [0.3, 0.4) is 0 Å². The fourth-order valence-corrected chi connectivity index (χ4v) is 2.00. The molecule has 0 aliphatic carbocycles. The van der Waals surface area contributed by atoms with Crippen LogP contribution in [0.25, 0.3) is 0 Å². The summed E-state index contributed by atoms with van der Waals surface area (Å²) in [5.41, 5.74) is -0.200. The standard InChI is InChI=1S/C9H12Cl2N4O/c1-5-9(2,3-4-16-5)15-8-13-6(10)12-7(11)14-8/h5H,3-4H2,1-2H3,(H,12,13,14,15). The van der Waals surface area contributed by atoms with E-state index in [0.717, 1.165) is 13.0 Å². The van der Waals surface area contributed by atoms with Gasteiger partial charge in [-0.1, -0.05) is 0 Å². The summed E-state index contributed by atoms with van der Waals surface area (Å²) >= 11 is 11.4. The highest BCUT2D eigenvalue weighted by atomic mass is 35.5. The topological polar surface area (TPSA) is 59.9 Å². The van der Waals surface area contributed by atoms with E-state index in [-0.39, 0.29) is 22.2 Å². The lowest BCUT2D eigenvalue weighted by Gasteiger charge is -2.28. The zero-order chi connectivity index (χ0) is 11.8. The van der Waals surface area contributed by atoms with E-state index in [1.807, 2.05) is 6.92 Å². The number of ether oxygens (including phenoxy) is 1. The third kappa shape index (κ3) is 2.36. The molecule has 0 bridgehead atoms. The second-order valence-corrected chi connectivity index (χ2v) is 4.68. The molecule has 1 aliphatic heterocycles. The van der Waals surface area contributed by atoms with Crippen LogP contribution >= 0.6 is 23.2 Å². The second-order valence-electron chi connectivity index (χ2n) is 4.00. The molecule has 1 N–H and O–H groups in total. The van der Waals surface area contributed by atoms with Crippen molar-refractivity contribution >= 4 is 29.2 Å². The molecule has 2 atom stereocenters. The first-order chi connectivity index (χ1) is 7.49. The van der Waals surface area contributed by atoms with Crippen LogP contribution in [0.4, 0.5) is 5.95 Å². The molecule has 0 aromatic carbocycles. The van der Waals surface area contributed by atoms with E-state index in [0.29, 0.717) is 5.95 Å². The number of nitrogens with zero attached hydrogens (tertiary/aromatic N) is 3. The Hall–Kier alpha value is -0.650. The Morgan fingerprint density at radius 1 is 1.31 bits per heavy atom. The van der Waals surface area contributed by atoms with Crippen molar-refractivity contribution in [2.24, 2.45) is 0 Å². The van der Waals surface area contributed by atoms with Gasteiger partial charge >= 0.3 is 0 Å². The molecule has 0 spiro atoms. The molecular weight excluding hydrogens is 251 g/mol. The van der Waals surface area contributed by atoms with Crippen molar-refractivity contribution in [3.63, 3.8) is 0 Å². The van der Waals surface area contributed by atoms with E-state index in [1.165, 1.54) is 0 Å². The minimum absolute atomic E-state index is 0.0812. The Labute approximate surface area is 104 Å². The highest BCUT2D eigenvalue weighted by molar-refractivity contribution is 6.31. The first-order valence-electron chi connectivity index (χ1n) is 4.96. The number of halogens is 2. The predicted octanol–water partition coefficient (Wildman–Crippen LogP) is 2.16.